The van der Waals surface area contributed by atoms with Gasteiger partial charge < -0.3 is 20.5 Å². The topological polar surface area (TPSA) is 56.5 Å². The van der Waals surface area contributed by atoms with E-state index in [1.165, 1.54) is 5.56 Å². The van der Waals surface area contributed by atoms with Crippen LogP contribution in [0.1, 0.15) is 19.4 Å². The van der Waals surface area contributed by atoms with Crippen molar-refractivity contribution < 1.29 is 9.47 Å². The number of hydrogen-bond donors (Lipinski definition) is 2. The maximum Gasteiger partial charge on any atom is 0.231 e. The molecule has 0 aliphatic carbocycles. The summed E-state index contributed by atoms with van der Waals surface area (Å²) in [6.45, 7) is 7.25. The molecule has 0 amide bonds. The summed E-state index contributed by atoms with van der Waals surface area (Å²) in [5, 5.41) is 3.45. The van der Waals surface area contributed by atoms with Gasteiger partial charge in [-0.25, -0.2) is 0 Å². The summed E-state index contributed by atoms with van der Waals surface area (Å²) in [6.07, 6.45) is 0. The summed E-state index contributed by atoms with van der Waals surface area (Å²) in [5.41, 5.74) is 6.96. The van der Waals surface area contributed by atoms with Gasteiger partial charge in [0.2, 0.25) is 6.79 Å². The highest BCUT2D eigenvalue weighted by Gasteiger charge is 2.14. The van der Waals surface area contributed by atoms with Gasteiger partial charge in [0, 0.05) is 6.54 Å². The first-order valence-corrected chi connectivity index (χ1v) is 6.50. The summed E-state index contributed by atoms with van der Waals surface area (Å²) >= 11 is 0. The van der Waals surface area contributed by atoms with E-state index < -0.39 is 0 Å². The molecule has 0 saturated heterocycles. The summed E-state index contributed by atoms with van der Waals surface area (Å²) in [7, 11) is 0. The lowest BCUT2D eigenvalue weighted by Crippen LogP contribution is -2.31. The summed E-state index contributed by atoms with van der Waals surface area (Å²) in [4.78, 5) is 0. The second-order valence-corrected chi connectivity index (χ2v) is 5.06. The molecule has 1 aromatic carbocycles. The number of ether oxygens (including phenoxy) is 2. The van der Waals surface area contributed by atoms with Crippen LogP contribution < -0.4 is 20.5 Å². The van der Waals surface area contributed by atoms with E-state index in [1.54, 1.807) is 0 Å². The van der Waals surface area contributed by atoms with Crippen LogP contribution in [0.2, 0.25) is 0 Å². The van der Waals surface area contributed by atoms with Gasteiger partial charge in [-0.05, 0) is 42.6 Å². The van der Waals surface area contributed by atoms with Crippen LogP contribution in [0.5, 0.6) is 11.5 Å². The van der Waals surface area contributed by atoms with Crippen LogP contribution in [0.3, 0.4) is 0 Å². The highest BCUT2D eigenvalue weighted by Crippen LogP contribution is 2.32. The first kappa shape index (κ1) is 13.2. The van der Waals surface area contributed by atoms with Gasteiger partial charge in [0.1, 0.15) is 0 Å². The predicted octanol–water partition coefficient (Wildman–Crippen LogP) is 1.74. The first-order chi connectivity index (χ1) is 8.70. The molecule has 100 valence electrons. The van der Waals surface area contributed by atoms with Crippen molar-refractivity contribution >= 4 is 0 Å². The van der Waals surface area contributed by atoms with Crippen molar-refractivity contribution in [3.8, 4) is 11.5 Å². The average Bonchev–Trinajstić information content (AvgIpc) is 2.81. The third-order valence-corrected chi connectivity index (χ3v) is 3.42. The fourth-order valence-electron chi connectivity index (χ4n) is 2.04. The minimum atomic E-state index is 0.328. The molecule has 4 heteroatoms. The van der Waals surface area contributed by atoms with E-state index in [0.717, 1.165) is 31.1 Å². The highest BCUT2D eigenvalue weighted by molar-refractivity contribution is 5.44. The van der Waals surface area contributed by atoms with Crippen LogP contribution in [-0.2, 0) is 6.54 Å². The molecule has 0 spiro atoms. The molecule has 1 unspecified atom stereocenters. The molecule has 0 bridgehead atoms. The fourth-order valence-corrected chi connectivity index (χ4v) is 2.04. The van der Waals surface area contributed by atoms with Crippen molar-refractivity contribution in [3.63, 3.8) is 0 Å². The summed E-state index contributed by atoms with van der Waals surface area (Å²) in [6, 6.07) is 6.05. The molecule has 2 rings (SSSR count). The van der Waals surface area contributed by atoms with Crippen LogP contribution in [0.15, 0.2) is 18.2 Å². The molecule has 0 fully saturated rings. The number of nitrogens with one attached hydrogen (secondary N) is 1. The molecule has 1 aliphatic heterocycles. The molecular formula is C14H22N2O2. The SMILES string of the molecule is CC(C)C(CN)CNCc1ccc2c(c1)OCO2. The quantitative estimate of drug-likeness (QED) is 0.807. The number of hydrogen-bond acceptors (Lipinski definition) is 4. The lowest BCUT2D eigenvalue weighted by Gasteiger charge is -2.19. The van der Waals surface area contributed by atoms with E-state index in [2.05, 4.69) is 25.2 Å². The Kier molecular flexibility index (Phi) is 4.44. The standard InChI is InChI=1S/C14H22N2O2/c1-10(2)12(6-15)8-16-7-11-3-4-13-14(5-11)18-9-17-13/h3-5,10,12,16H,6-9,15H2,1-2H3. The van der Waals surface area contributed by atoms with Crippen molar-refractivity contribution in [3.05, 3.63) is 23.8 Å². The Morgan fingerprint density at radius 2 is 2.06 bits per heavy atom. The van der Waals surface area contributed by atoms with E-state index >= 15 is 0 Å². The Balaban J connectivity index is 1.83. The van der Waals surface area contributed by atoms with E-state index in [-0.39, 0.29) is 0 Å². The first-order valence-electron chi connectivity index (χ1n) is 6.50. The monoisotopic (exact) mass is 250 g/mol. The van der Waals surface area contributed by atoms with E-state index in [0.29, 0.717) is 18.6 Å². The minimum absolute atomic E-state index is 0.328. The molecule has 3 N–H and O–H groups in total. The highest BCUT2D eigenvalue weighted by atomic mass is 16.7. The number of nitrogens with two attached hydrogens (primary N) is 1. The second-order valence-electron chi connectivity index (χ2n) is 5.06. The van der Waals surface area contributed by atoms with Crippen molar-refractivity contribution in [1.29, 1.82) is 0 Å². The van der Waals surface area contributed by atoms with E-state index in [1.807, 2.05) is 12.1 Å². The molecule has 18 heavy (non-hydrogen) atoms. The zero-order valence-corrected chi connectivity index (χ0v) is 11.1. The Bertz CT molecular complexity index is 393. The number of benzene rings is 1. The van der Waals surface area contributed by atoms with Crippen LogP contribution in [-0.4, -0.2) is 19.9 Å². The maximum atomic E-state index is 5.75. The number of fused-ring (bicyclic) bond motifs is 1. The van der Waals surface area contributed by atoms with Crippen molar-refractivity contribution in [2.75, 3.05) is 19.9 Å². The van der Waals surface area contributed by atoms with Gasteiger partial charge in [0.25, 0.3) is 0 Å². The van der Waals surface area contributed by atoms with E-state index in [9.17, 15) is 0 Å². The Hall–Kier alpha value is -1.26. The molecule has 0 radical (unpaired) electrons. The predicted molar refractivity (Wildman–Crippen MR) is 71.7 cm³/mol. The lowest BCUT2D eigenvalue weighted by molar-refractivity contribution is 0.174. The normalized spacial score (nSPS) is 15.1. The van der Waals surface area contributed by atoms with Gasteiger partial charge in [-0.2, -0.15) is 0 Å². The summed E-state index contributed by atoms with van der Waals surface area (Å²) < 4.78 is 10.6. The lowest BCUT2D eigenvalue weighted by atomic mass is 9.96. The van der Waals surface area contributed by atoms with Crippen molar-refractivity contribution in [1.82, 2.24) is 5.32 Å². The molecular weight excluding hydrogens is 228 g/mol. The third-order valence-electron chi connectivity index (χ3n) is 3.42. The average molecular weight is 250 g/mol. The van der Waals surface area contributed by atoms with Crippen molar-refractivity contribution in [2.24, 2.45) is 17.6 Å². The van der Waals surface area contributed by atoms with Gasteiger partial charge in [0.15, 0.2) is 11.5 Å². The van der Waals surface area contributed by atoms with Crippen LogP contribution >= 0.6 is 0 Å². The van der Waals surface area contributed by atoms with Gasteiger partial charge >= 0.3 is 0 Å². The maximum absolute atomic E-state index is 5.75. The van der Waals surface area contributed by atoms with Crippen LogP contribution in [0.4, 0.5) is 0 Å². The molecule has 1 aromatic rings. The van der Waals surface area contributed by atoms with Gasteiger partial charge in [-0.15, -0.1) is 0 Å². The van der Waals surface area contributed by atoms with Crippen LogP contribution in [0.25, 0.3) is 0 Å². The Morgan fingerprint density at radius 3 is 2.78 bits per heavy atom. The molecule has 0 saturated carbocycles. The number of rotatable bonds is 6. The second kappa shape index (κ2) is 6.07. The smallest absolute Gasteiger partial charge is 0.231 e. The fraction of sp³-hybridized carbons (Fsp3) is 0.571. The summed E-state index contributed by atoms with van der Waals surface area (Å²) in [5.74, 6) is 2.81. The zero-order chi connectivity index (χ0) is 13.0. The molecule has 1 atom stereocenters. The van der Waals surface area contributed by atoms with Crippen LogP contribution in [0, 0.1) is 11.8 Å². The van der Waals surface area contributed by atoms with Gasteiger partial charge in [-0.1, -0.05) is 19.9 Å². The molecule has 1 aliphatic rings. The van der Waals surface area contributed by atoms with Gasteiger partial charge in [0.05, 0.1) is 0 Å². The molecule has 1 heterocycles. The molecule has 0 aromatic heterocycles. The Labute approximate surface area is 108 Å². The minimum Gasteiger partial charge on any atom is -0.454 e. The van der Waals surface area contributed by atoms with Crippen molar-refractivity contribution in [2.45, 2.75) is 20.4 Å². The zero-order valence-electron chi connectivity index (χ0n) is 11.1. The van der Waals surface area contributed by atoms with E-state index in [4.69, 9.17) is 15.2 Å². The molecule has 4 nitrogen and oxygen atoms in total. The van der Waals surface area contributed by atoms with Gasteiger partial charge in [-0.3, -0.25) is 0 Å². The Morgan fingerprint density at radius 1 is 1.28 bits per heavy atom. The third kappa shape index (κ3) is 3.15. The largest absolute Gasteiger partial charge is 0.454 e.